The lowest BCUT2D eigenvalue weighted by Crippen LogP contribution is -2.13. The van der Waals surface area contributed by atoms with E-state index in [0.717, 1.165) is 9.40 Å². The van der Waals surface area contributed by atoms with Gasteiger partial charge >= 0.3 is 0 Å². The standard InChI is InChI=1S/C26H13Cl4N3O4S3/c27-13-3-6-24(19(30)7-13)40(34,35)33-16-10-17(36-25-31-20-8-14(28)1-4-22(20)38-25)12-18(11-16)37-26-32-21-9-15(29)2-5-23(21)39-26/h1-12,33H. The predicted molar refractivity (Wildman–Crippen MR) is 163 cm³/mol. The minimum absolute atomic E-state index is 0.0230. The molecule has 0 saturated carbocycles. The van der Waals surface area contributed by atoms with Crippen LogP contribution in [0.5, 0.6) is 21.9 Å². The minimum atomic E-state index is -4.10. The molecule has 1 N–H and O–H groups in total. The van der Waals surface area contributed by atoms with Crippen LogP contribution in [0.25, 0.3) is 20.4 Å². The molecule has 7 nitrogen and oxygen atoms in total. The Morgan fingerprint density at radius 1 is 0.650 bits per heavy atom. The van der Waals surface area contributed by atoms with Crippen LogP contribution in [-0.2, 0) is 10.0 Å². The van der Waals surface area contributed by atoms with Crippen molar-refractivity contribution in [3.63, 3.8) is 0 Å². The summed E-state index contributed by atoms with van der Waals surface area (Å²) in [5, 5.41) is 2.05. The van der Waals surface area contributed by atoms with Crippen LogP contribution in [0.15, 0.2) is 77.7 Å². The Morgan fingerprint density at radius 2 is 1.15 bits per heavy atom. The summed E-state index contributed by atoms with van der Waals surface area (Å²) in [4.78, 5) is 8.80. The molecule has 0 radical (unpaired) electrons. The van der Waals surface area contributed by atoms with E-state index in [0.29, 0.717) is 36.5 Å². The number of halogens is 4. The van der Waals surface area contributed by atoms with E-state index < -0.39 is 10.0 Å². The summed E-state index contributed by atoms with van der Waals surface area (Å²) in [5.74, 6) is 0.540. The van der Waals surface area contributed by atoms with Gasteiger partial charge in [0.15, 0.2) is 0 Å². The molecule has 0 amide bonds. The van der Waals surface area contributed by atoms with Crippen LogP contribution < -0.4 is 14.2 Å². The Kier molecular flexibility index (Phi) is 7.43. The number of fused-ring (bicyclic) bond motifs is 2. The van der Waals surface area contributed by atoms with E-state index in [-0.39, 0.29) is 27.1 Å². The Bertz CT molecular complexity index is 1930. The van der Waals surface area contributed by atoms with E-state index in [2.05, 4.69) is 14.7 Å². The highest BCUT2D eigenvalue weighted by Crippen LogP contribution is 2.39. The number of anilines is 1. The van der Waals surface area contributed by atoms with Gasteiger partial charge in [0.05, 0.1) is 31.1 Å². The zero-order valence-electron chi connectivity index (χ0n) is 19.7. The van der Waals surface area contributed by atoms with Gasteiger partial charge in [0.25, 0.3) is 20.4 Å². The summed E-state index contributed by atoms with van der Waals surface area (Å²) >= 11 is 26.9. The highest BCUT2D eigenvalue weighted by molar-refractivity contribution is 7.92. The summed E-state index contributed by atoms with van der Waals surface area (Å²) in [5.41, 5.74) is 1.50. The first-order chi connectivity index (χ1) is 19.1. The van der Waals surface area contributed by atoms with Gasteiger partial charge < -0.3 is 9.47 Å². The molecule has 0 unspecified atom stereocenters. The van der Waals surface area contributed by atoms with Crippen molar-refractivity contribution in [2.24, 2.45) is 0 Å². The molecule has 40 heavy (non-hydrogen) atoms. The maximum atomic E-state index is 13.2. The SMILES string of the molecule is O=S(=O)(Nc1cc(Oc2nc3cc(Cl)ccc3s2)cc(Oc2nc3cc(Cl)ccc3s2)c1)c1ccc(Cl)cc1Cl. The van der Waals surface area contributed by atoms with Crippen LogP contribution >= 0.6 is 69.1 Å². The number of thiazole rings is 2. The highest BCUT2D eigenvalue weighted by atomic mass is 35.5. The molecule has 0 aliphatic rings. The second-order valence-corrected chi connectivity index (χ2v) is 13.6. The molecule has 0 spiro atoms. The van der Waals surface area contributed by atoms with E-state index in [1.807, 2.05) is 12.1 Å². The second kappa shape index (κ2) is 10.9. The lowest BCUT2D eigenvalue weighted by Gasteiger charge is -2.13. The first kappa shape index (κ1) is 27.3. The van der Waals surface area contributed by atoms with Gasteiger partial charge in [-0.1, -0.05) is 69.1 Å². The molecule has 4 aromatic carbocycles. The summed E-state index contributed by atoms with van der Waals surface area (Å²) in [7, 11) is -4.10. The average Bonchev–Trinajstić information content (AvgIpc) is 3.45. The van der Waals surface area contributed by atoms with Gasteiger partial charge in [-0.3, -0.25) is 4.72 Å². The smallest absolute Gasteiger partial charge is 0.279 e. The first-order valence-corrected chi connectivity index (χ1v) is 15.8. The maximum absolute atomic E-state index is 13.2. The number of ether oxygens (including phenoxy) is 2. The number of hydrogen-bond acceptors (Lipinski definition) is 8. The van der Waals surface area contributed by atoms with Gasteiger partial charge in [0.2, 0.25) is 0 Å². The highest BCUT2D eigenvalue weighted by Gasteiger charge is 2.20. The van der Waals surface area contributed by atoms with Crippen LogP contribution in [0.4, 0.5) is 5.69 Å². The molecular formula is C26H13Cl4N3O4S3. The quantitative estimate of drug-likeness (QED) is 0.182. The van der Waals surface area contributed by atoms with Crippen LogP contribution in [0.3, 0.4) is 0 Å². The van der Waals surface area contributed by atoms with Crippen molar-refractivity contribution in [1.82, 2.24) is 9.97 Å². The number of aromatic nitrogens is 2. The zero-order chi connectivity index (χ0) is 28.0. The third-order valence-electron chi connectivity index (χ3n) is 5.39. The second-order valence-electron chi connectivity index (χ2n) is 8.26. The van der Waals surface area contributed by atoms with Gasteiger partial charge in [-0.25, -0.2) is 18.4 Å². The lowest BCUT2D eigenvalue weighted by atomic mass is 10.3. The normalized spacial score (nSPS) is 11.7. The third-order valence-corrected chi connectivity index (χ3v) is 9.78. The molecule has 0 atom stereocenters. The van der Waals surface area contributed by atoms with Crippen molar-refractivity contribution < 1.29 is 17.9 Å². The van der Waals surface area contributed by atoms with E-state index in [4.69, 9.17) is 55.9 Å². The zero-order valence-corrected chi connectivity index (χ0v) is 25.2. The molecule has 2 aromatic heterocycles. The fraction of sp³-hybridized carbons (Fsp3) is 0. The van der Waals surface area contributed by atoms with Crippen molar-refractivity contribution in [3.8, 4) is 21.9 Å². The van der Waals surface area contributed by atoms with Gasteiger partial charge in [-0.15, -0.1) is 0 Å². The van der Waals surface area contributed by atoms with E-state index in [9.17, 15) is 8.42 Å². The summed E-state index contributed by atoms with van der Waals surface area (Å²) in [6.45, 7) is 0. The Morgan fingerprint density at radius 3 is 1.68 bits per heavy atom. The van der Waals surface area contributed by atoms with Crippen molar-refractivity contribution in [2.75, 3.05) is 4.72 Å². The van der Waals surface area contributed by atoms with E-state index in [1.54, 1.807) is 30.3 Å². The molecular weight excluding hydrogens is 656 g/mol. The first-order valence-electron chi connectivity index (χ1n) is 11.2. The van der Waals surface area contributed by atoms with Gasteiger partial charge in [0.1, 0.15) is 16.4 Å². The Hall–Kier alpha value is -2.83. The lowest BCUT2D eigenvalue weighted by molar-refractivity contribution is 0.458. The maximum Gasteiger partial charge on any atom is 0.279 e. The number of benzene rings is 4. The van der Waals surface area contributed by atoms with Crippen LogP contribution in [-0.4, -0.2) is 18.4 Å². The van der Waals surface area contributed by atoms with Crippen LogP contribution in [0.2, 0.25) is 20.1 Å². The van der Waals surface area contributed by atoms with E-state index >= 15 is 0 Å². The summed E-state index contributed by atoms with van der Waals surface area (Å²) in [6, 6.07) is 19.4. The molecule has 6 rings (SSSR count). The van der Waals surface area contributed by atoms with Crippen molar-refractivity contribution in [3.05, 3.63) is 92.9 Å². The number of hydrogen-bond donors (Lipinski definition) is 1. The fourth-order valence-corrected chi connectivity index (χ4v) is 7.48. The van der Waals surface area contributed by atoms with Crippen molar-refractivity contribution >= 4 is 105 Å². The Balaban J connectivity index is 1.37. The van der Waals surface area contributed by atoms with Gasteiger partial charge in [-0.2, -0.15) is 0 Å². The predicted octanol–water partition coefficient (Wildman–Crippen LogP) is 9.90. The molecule has 0 aliphatic heterocycles. The molecule has 0 fully saturated rings. The number of rotatable bonds is 7. The minimum Gasteiger partial charge on any atom is -0.431 e. The average molecular weight is 669 g/mol. The molecule has 0 bridgehead atoms. The van der Waals surface area contributed by atoms with Gasteiger partial charge in [0, 0.05) is 33.3 Å². The molecule has 14 heteroatoms. The molecule has 0 aliphatic carbocycles. The number of nitrogens with one attached hydrogen (secondary N) is 1. The van der Waals surface area contributed by atoms with Crippen molar-refractivity contribution in [1.29, 1.82) is 0 Å². The van der Waals surface area contributed by atoms with E-state index in [1.165, 1.54) is 53.0 Å². The van der Waals surface area contributed by atoms with Crippen LogP contribution in [0, 0.1) is 0 Å². The summed E-state index contributed by atoms with van der Waals surface area (Å²) in [6.07, 6.45) is 0. The number of nitrogens with zero attached hydrogens (tertiary/aromatic N) is 2. The van der Waals surface area contributed by atoms with Gasteiger partial charge in [-0.05, 0) is 54.6 Å². The summed E-state index contributed by atoms with van der Waals surface area (Å²) < 4.78 is 42.7. The fourth-order valence-electron chi connectivity index (χ4n) is 3.70. The molecule has 2 heterocycles. The molecule has 6 aromatic rings. The van der Waals surface area contributed by atoms with Crippen molar-refractivity contribution in [2.45, 2.75) is 4.90 Å². The van der Waals surface area contributed by atoms with Crippen LogP contribution in [0.1, 0.15) is 0 Å². The largest absolute Gasteiger partial charge is 0.431 e. The third kappa shape index (κ3) is 5.94. The molecule has 202 valence electrons. The topological polar surface area (TPSA) is 90.4 Å². The number of sulfonamides is 1. The molecule has 0 saturated heterocycles. The Labute approximate surface area is 255 Å². The monoisotopic (exact) mass is 667 g/mol.